The highest BCUT2D eigenvalue weighted by Crippen LogP contribution is 2.11. The smallest absolute Gasteiger partial charge is 0.258 e. The molecule has 4 nitrogen and oxygen atoms in total. The molecule has 1 unspecified atom stereocenters. The summed E-state index contributed by atoms with van der Waals surface area (Å²) in [4.78, 5) is 11.7. The number of nitrogens with one attached hydrogen (secondary N) is 1. The largest absolute Gasteiger partial charge is 0.484 e. The fraction of sp³-hybridized carbons (Fsp3) is 0.500. The summed E-state index contributed by atoms with van der Waals surface area (Å²) in [5.74, 6) is 0.483. The zero-order chi connectivity index (χ0) is 14.8. The Labute approximate surface area is 120 Å². The summed E-state index contributed by atoms with van der Waals surface area (Å²) in [5, 5.41) is 11.6. The van der Waals surface area contributed by atoms with E-state index >= 15 is 0 Å². The van der Waals surface area contributed by atoms with Crippen molar-refractivity contribution in [3.05, 3.63) is 29.8 Å². The van der Waals surface area contributed by atoms with Crippen molar-refractivity contribution in [2.24, 2.45) is 0 Å². The normalized spacial score (nSPS) is 11.4. The highest BCUT2D eigenvalue weighted by atomic mass is 16.5. The van der Waals surface area contributed by atoms with Gasteiger partial charge in [0.2, 0.25) is 0 Å². The molecule has 1 aromatic rings. The van der Waals surface area contributed by atoms with Crippen LogP contribution in [-0.4, -0.2) is 18.6 Å². The maximum atomic E-state index is 11.7. The van der Waals surface area contributed by atoms with E-state index in [-0.39, 0.29) is 18.6 Å². The lowest BCUT2D eigenvalue weighted by Crippen LogP contribution is -2.36. The van der Waals surface area contributed by atoms with Gasteiger partial charge in [-0.3, -0.25) is 4.79 Å². The minimum atomic E-state index is -0.113. The number of carbonyl (C=O) groups is 1. The third-order valence-corrected chi connectivity index (χ3v) is 3.00. The summed E-state index contributed by atoms with van der Waals surface area (Å²) >= 11 is 0. The zero-order valence-electron chi connectivity index (χ0n) is 12.2. The number of nitrogens with zero attached hydrogens (tertiary/aromatic N) is 1. The summed E-state index contributed by atoms with van der Waals surface area (Å²) < 4.78 is 5.37. The molecule has 1 N–H and O–H groups in total. The number of unbranched alkanes of at least 4 members (excludes halogenated alkanes) is 2. The molecule has 0 bridgehead atoms. The fourth-order valence-electron chi connectivity index (χ4n) is 1.86. The van der Waals surface area contributed by atoms with Crippen LogP contribution in [0.3, 0.4) is 0 Å². The SMILES string of the molecule is CCCCCC(C)NC(=O)COc1ccc(C#N)cc1. The predicted octanol–water partition coefficient (Wildman–Crippen LogP) is 3.02. The van der Waals surface area contributed by atoms with Crippen molar-refractivity contribution in [3.63, 3.8) is 0 Å². The molecule has 0 aliphatic rings. The molecule has 0 aliphatic heterocycles. The van der Waals surface area contributed by atoms with Gasteiger partial charge in [0.15, 0.2) is 6.61 Å². The maximum Gasteiger partial charge on any atom is 0.258 e. The van der Waals surface area contributed by atoms with E-state index in [0.29, 0.717) is 11.3 Å². The number of amides is 1. The molecule has 0 fully saturated rings. The van der Waals surface area contributed by atoms with Gasteiger partial charge < -0.3 is 10.1 Å². The van der Waals surface area contributed by atoms with Crippen LogP contribution in [0, 0.1) is 11.3 Å². The Morgan fingerprint density at radius 2 is 2.05 bits per heavy atom. The lowest BCUT2D eigenvalue weighted by atomic mass is 10.1. The Bertz CT molecular complexity index is 449. The second kappa shape index (κ2) is 8.98. The van der Waals surface area contributed by atoms with Gasteiger partial charge in [-0.15, -0.1) is 0 Å². The van der Waals surface area contributed by atoms with Crippen LogP contribution in [0.2, 0.25) is 0 Å². The van der Waals surface area contributed by atoms with E-state index in [1.165, 1.54) is 12.8 Å². The summed E-state index contributed by atoms with van der Waals surface area (Å²) in [5.41, 5.74) is 0.575. The Morgan fingerprint density at radius 3 is 2.65 bits per heavy atom. The number of hydrogen-bond donors (Lipinski definition) is 1. The molecule has 0 saturated carbocycles. The van der Waals surface area contributed by atoms with Gasteiger partial charge in [-0.1, -0.05) is 26.2 Å². The van der Waals surface area contributed by atoms with Gasteiger partial charge in [-0.25, -0.2) is 0 Å². The summed E-state index contributed by atoms with van der Waals surface area (Å²) in [7, 11) is 0. The molecule has 0 saturated heterocycles. The summed E-state index contributed by atoms with van der Waals surface area (Å²) in [6, 6.07) is 8.93. The highest BCUT2D eigenvalue weighted by molar-refractivity contribution is 5.77. The average Bonchev–Trinajstić information content (AvgIpc) is 2.46. The van der Waals surface area contributed by atoms with Crippen molar-refractivity contribution in [2.45, 2.75) is 45.6 Å². The molecule has 20 heavy (non-hydrogen) atoms. The van der Waals surface area contributed by atoms with E-state index in [4.69, 9.17) is 10.00 Å². The molecule has 0 aliphatic carbocycles. The van der Waals surface area contributed by atoms with Crippen molar-refractivity contribution < 1.29 is 9.53 Å². The predicted molar refractivity (Wildman–Crippen MR) is 78.4 cm³/mol. The first-order valence-electron chi connectivity index (χ1n) is 7.08. The molecule has 0 radical (unpaired) electrons. The standard InChI is InChI=1S/C16H22N2O2/c1-3-4-5-6-13(2)18-16(19)12-20-15-9-7-14(11-17)8-10-15/h7-10,13H,3-6,12H2,1-2H3,(H,18,19). The van der Waals surface area contributed by atoms with E-state index in [0.717, 1.165) is 12.8 Å². The first-order valence-corrected chi connectivity index (χ1v) is 7.08. The molecule has 0 heterocycles. The van der Waals surface area contributed by atoms with Gasteiger partial charge in [-0.2, -0.15) is 5.26 Å². The lowest BCUT2D eigenvalue weighted by Gasteiger charge is -2.14. The number of rotatable bonds is 8. The van der Waals surface area contributed by atoms with E-state index in [2.05, 4.69) is 12.2 Å². The monoisotopic (exact) mass is 274 g/mol. The van der Waals surface area contributed by atoms with Gasteiger partial charge in [0.25, 0.3) is 5.91 Å². The van der Waals surface area contributed by atoms with Crippen LogP contribution in [0.25, 0.3) is 0 Å². The van der Waals surface area contributed by atoms with Crippen molar-refractivity contribution in [2.75, 3.05) is 6.61 Å². The van der Waals surface area contributed by atoms with E-state index in [1.54, 1.807) is 24.3 Å². The number of hydrogen-bond acceptors (Lipinski definition) is 3. The zero-order valence-corrected chi connectivity index (χ0v) is 12.2. The van der Waals surface area contributed by atoms with Crippen LogP contribution in [0.15, 0.2) is 24.3 Å². The number of carbonyl (C=O) groups excluding carboxylic acids is 1. The van der Waals surface area contributed by atoms with E-state index in [9.17, 15) is 4.79 Å². The van der Waals surface area contributed by atoms with Gasteiger partial charge in [0.05, 0.1) is 11.6 Å². The lowest BCUT2D eigenvalue weighted by molar-refractivity contribution is -0.123. The number of benzene rings is 1. The molecule has 1 atom stereocenters. The first-order chi connectivity index (χ1) is 9.65. The number of ether oxygens (including phenoxy) is 1. The molecule has 4 heteroatoms. The topological polar surface area (TPSA) is 62.1 Å². The van der Waals surface area contributed by atoms with Crippen LogP contribution in [-0.2, 0) is 4.79 Å². The quantitative estimate of drug-likeness (QED) is 0.741. The Hall–Kier alpha value is -2.02. The number of nitriles is 1. The van der Waals surface area contributed by atoms with Crippen LogP contribution in [0.4, 0.5) is 0 Å². The molecule has 0 aromatic heterocycles. The van der Waals surface area contributed by atoms with Gasteiger partial charge in [-0.05, 0) is 37.6 Å². The molecular weight excluding hydrogens is 252 g/mol. The van der Waals surface area contributed by atoms with Crippen LogP contribution in [0.5, 0.6) is 5.75 Å². The average molecular weight is 274 g/mol. The summed E-state index contributed by atoms with van der Waals surface area (Å²) in [6.07, 6.45) is 4.51. The fourth-order valence-corrected chi connectivity index (χ4v) is 1.86. The van der Waals surface area contributed by atoms with Crippen LogP contribution >= 0.6 is 0 Å². The second-order valence-corrected chi connectivity index (χ2v) is 4.89. The Balaban J connectivity index is 2.26. The minimum absolute atomic E-state index is 0.00399. The molecule has 1 amide bonds. The molecule has 0 spiro atoms. The highest BCUT2D eigenvalue weighted by Gasteiger charge is 2.07. The Morgan fingerprint density at radius 1 is 1.35 bits per heavy atom. The van der Waals surface area contributed by atoms with E-state index in [1.807, 2.05) is 13.0 Å². The van der Waals surface area contributed by atoms with E-state index < -0.39 is 0 Å². The summed E-state index contributed by atoms with van der Waals surface area (Å²) in [6.45, 7) is 4.17. The molecular formula is C16H22N2O2. The third kappa shape index (κ3) is 6.24. The van der Waals surface area contributed by atoms with Gasteiger partial charge in [0, 0.05) is 6.04 Å². The maximum absolute atomic E-state index is 11.7. The molecule has 1 rings (SSSR count). The van der Waals surface area contributed by atoms with Gasteiger partial charge >= 0.3 is 0 Å². The first kappa shape index (κ1) is 16.0. The van der Waals surface area contributed by atoms with Crippen LogP contribution in [0.1, 0.15) is 45.1 Å². The Kier molecular flexibility index (Phi) is 7.20. The minimum Gasteiger partial charge on any atom is -0.484 e. The van der Waals surface area contributed by atoms with Crippen molar-refractivity contribution in [1.29, 1.82) is 5.26 Å². The van der Waals surface area contributed by atoms with Crippen molar-refractivity contribution in [1.82, 2.24) is 5.32 Å². The molecule has 1 aromatic carbocycles. The second-order valence-electron chi connectivity index (χ2n) is 4.89. The third-order valence-electron chi connectivity index (χ3n) is 3.00. The van der Waals surface area contributed by atoms with Crippen molar-refractivity contribution in [3.8, 4) is 11.8 Å². The van der Waals surface area contributed by atoms with Crippen molar-refractivity contribution >= 4 is 5.91 Å². The van der Waals surface area contributed by atoms with Gasteiger partial charge in [0.1, 0.15) is 5.75 Å². The van der Waals surface area contributed by atoms with Crippen LogP contribution < -0.4 is 10.1 Å². The molecule has 108 valence electrons.